The van der Waals surface area contributed by atoms with E-state index in [1.165, 1.54) is 0 Å². The van der Waals surface area contributed by atoms with E-state index in [1.54, 1.807) is 12.4 Å². The zero-order valence-electron chi connectivity index (χ0n) is 6.27. The van der Waals surface area contributed by atoms with Gasteiger partial charge in [-0.3, -0.25) is 4.98 Å². The first-order valence-electron chi connectivity index (χ1n) is 2.97. The smallest absolute Gasteiger partial charge is 0.0267 e. The molecule has 0 N–H and O–H groups in total. The van der Waals surface area contributed by atoms with Gasteiger partial charge in [-0.1, -0.05) is 6.07 Å². The molecule has 5 nitrogen and oxygen atoms in total. The van der Waals surface area contributed by atoms with Gasteiger partial charge in [0.05, 0.1) is 0 Å². The number of nitrogens with zero attached hydrogens (tertiary/aromatic N) is 1. The third-order valence-corrected chi connectivity index (χ3v) is 1.07. The van der Waals surface area contributed by atoms with Crippen LogP contribution in [0.25, 0.3) is 0 Å². The summed E-state index contributed by atoms with van der Waals surface area (Å²) in [7, 11) is 0. The van der Waals surface area contributed by atoms with Crippen molar-refractivity contribution in [2.75, 3.05) is 0 Å². The fraction of sp³-hybridized carbons (Fsp3) is 0. The molecule has 1 rings (SSSR count). The molecule has 0 saturated heterocycles. The van der Waals surface area contributed by atoms with E-state index < -0.39 is 9.74 Å². The first-order valence-corrected chi connectivity index (χ1v) is 3.91. The van der Waals surface area contributed by atoms with E-state index >= 15 is 0 Å². The van der Waals surface area contributed by atoms with Crippen molar-refractivity contribution in [1.29, 1.82) is 0 Å². The minimum atomic E-state index is -1.72. The SMILES string of the molecule is O=[C]([O-])[Cu+2][C](=O)[O-].c1ccncc1. The predicted molar refractivity (Wildman–Crippen MR) is 35.0 cm³/mol. The molecule has 0 radical (unpaired) electrons. The standard InChI is InChI=1S/C5H5N.2CO2.Cu/c1-2-4-6-5-3-1;2*2-1-3;/h1-5H;;;/q;2*-1;+2. The molecule has 13 heavy (non-hydrogen) atoms. The average Bonchev–Trinajstić information content (AvgIpc) is 2.06. The van der Waals surface area contributed by atoms with Gasteiger partial charge >= 0.3 is 44.5 Å². The Bertz CT molecular complexity index is 226. The Labute approximate surface area is 80.6 Å². The predicted octanol–water partition coefficient (Wildman–Crippen LogP) is -1.16. The van der Waals surface area contributed by atoms with Crippen molar-refractivity contribution in [3.63, 3.8) is 0 Å². The monoisotopic (exact) mass is 230 g/mol. The van der Waals surface area contributed by atoms with Crippen molar-refractivity contribution in [3.8, 4) is 0 Å². The van der Waals surface area contributed by atoms with Gasteiger partial charge in [0.25, 0.3) is 0 Å². The molecule has 6 heteroatoms. The van der Waals surface area contributed by atoms with Crippen LogP contribution in [-0.4, -0.2) is 14.7 Å². The van der Waals surface area contributed by atoms with Crippen LogP contribution in [0.1, 0.15) is 0 Å². The topological polar surface area (TPSA) is 93.1 Å². The summed E-state index contributed by atoms with van der Waals surface area (Å²) in [5.74, 6) is 0. The van der Waals surface area contributed by atoms with Crippen LogP contribution in [0.4, 0.5) is 9.59 Å². The Balaban J connectivity index is 0.000000223. The first kappa shape index (κ1) is 11.6. The minimum Gasteiger partial charge on any atom is -0.265 e. The molecule has 0 aliphatic carbocycles. The summed E-state index contributed by atoms with van der Waals surface area (Å²) < 4.78 is 0. The molecule has 0 spiro atoms. The maximum absolute atomic E-state index is 9.24. The third kappa shape index (κ3) is 10.6. The quantitative estimate of drug-likeness (QED) is 0.598. The summed E-state index contributed by atoms with van der Waals surface area (Å²) in [5.41, 5.74) is 0. The van der Waals surface area contributed by atoms with E-state index in [2.05, 4.69) is 4.98 Å². The molecule has 0 fully saturated rings. The second-order valence-electron chi connectivity index (χ2n) is 1.51. The normalized spacial score (nSPS) is 8.31. The van der Waals surface area contributed by atoms with Crippen LogP contribution >= 0.6 is 0 Å². The van der Waals surface area contributed by atoms with E-state index in [9.17, 15) is 19.8 Å². The van der Waals surface area contributed by atoms with Gasteiger partial charge in [-0.05, 0) is 12.1 Å². The van der Waals surface area contributed by atoms with Crippen LogP contribution in [0.5, 0.6) is 0 Å². The maximum atomic E-state index is 9.24. The molecule has 1 aromatic heterocycles. The summed E-state index contributed by atoms with van der Waals surface area (Å²) in [4.78, 5) is 18.8. The summed E-state index contributed by atoms with van der Waals surface area (Å²) in [5, 5.41) is 18.5. The van der Waals surface area contributed by atoms with E-state index in [-0.39, 0.29) is 15.0 Å². The van der Waals surface area contributed by atoms with Crippen molar-refractivity contribution < 1.29 is 34.8 Å². The molecule has 0 bridgehead atoms. The number of carbonyl (C=O) groups excluding carboxylic acids is 2. The molecule has 0 unspecified atom stereocenters. The average molecular weight is 231 g/mol. The van der Waals surface area contributed by atoms with E-state index in [4.69, 9.17) is 0 Å². The van der Waals surface area contributed by atoms with Gasteiger partial charge in [-0.2, -0.15) is 0 Å². The number of rotatable bonds is 2. The molecule has 0 amide bonds. The Hall–Kier alpha value is -1.39. The van der Waals surface area contributed by atoms with Crippen molar-refractivity contribution in [1.82, 2.24) is 4.98 Å². The third-order valence-electron chi connectivity index (χ3n) is 0.690. The second kappa shape index (κ2) is 7.27. The van der Waals surface area contributed by atoms with Gasteiger partial charge in [-0.25, -0.2) is 0 Å². The summed E-state index contributed by atoms with van der Waals surface area (Å²) in [6.07, 6.45) is 3.50. The summed E-state index contributed by atoms with van der Waals surface area (Å²) in [6.45, 7) is 0. The van der Waals surface area contributed by atoms with Gasteiger partial charge in [0.2, 0.25) is 0 Å². The number of carboxylic acid groups (broad SMARTS) is 2. The van der Waals surface area contributed by atoms with Crippen LogP contribution in [0.2, 0.25) is 0 Å². The van der Waals surface area contributed by atoms with Crippen LogP contribution in [-0.2, 0) is 15.0 Å². The second-order valence-corrected chi connectivity index (χ2v) is 2.52. The van der Waals surface area contributed by atoms with Crippen LogP contribution in [0.15, 0.2) is 30.6 Å². The number of carbonyl (C=O) groups is 2. The van der Waals surface area contributed by atoms with Gasteiger partial charge < -0.3 is 0 Å². The Morgan fingerprint density at radius 3 is 1.54 bits per heavy atom. The van der Waals surface area contributed by atoms with Gasteiger partial charge in [0, 0.05) is 12.4 Å². The number of aromatic nitrogens is 1. The molecular formula is C7H5CuNO4. The van der Waals surface area contributed by atoms with Gasteiger partial charge in [0.1, 0.15) is 0 Å². The number of hydrogen-bond donors (Lipinski definition) is 0. The van der Waals surface area contributed by atoms with Crippen molar-refractivity contribution in [2.24, 2.45) is 0 Å². The minimum absolute atomic E-state index is 0.299. The Morgan fingerprint density at radius 1 is 1.00 bits per heavy atom. The number of pyridine rings is 1. The number of hydrogen-bond acceptors (Lipinski definition) is 5. The van der Waals surface area contributed by atoms with E-state index in [0.717, 1.165) is 0 Å². The molecule has 0 aliphatic heterocycles. The molecule has 0 atom stereocenters. The molecule has 73 valence electrons. The summed E-state index contributed by atoms with van der Waals surface area (Å²) >= 11 is -0.299. The Morgan fingerprint density at radius 2 is 1.46 bits per heavy atom. The molecule has 1 heterocycles. The van der Waals surface area contributed by atoms with Crippen molar-refractivity contribution >= 4 is 9.74 Å². The largest absolute Gasteiger partial charge is 0.265 e. The van der Waals surface area contributed by atoms with Crippen molar-refractivity contribution in [2.45, 2.75) is 0 Å². The fourth-order valence-corrected chi connectivity index (χ4v) is 0.520. The Kier molecular flexibility index (Phi) is 6.49. The first-order chi connectivity index (χ1) is 6.13. The van der Waals surface area contributed by atoms with E-state index in [0.29, 0.717) is 0 Å². The molecule has 1 aromatic rings. The molecule has 0 aromatic carbocycles. The summed E-state index contributed by atoms with van der Waals surface area (Å²) in [6, 6.07) is 5.72. The molecular weight excluding hydrogens is 226 g/mol. The van der Waals surface area contributed by atoms with Crippen LogP contribution in [0.3, 0.4) is 0 Å². The zero-order valence-corrected chi connectivity index (χ0v) is 7.21. The molecule has 0 aliphatic rings. The van der Waals surface area contributed by atoms with Crippen molar-refractivity contribution in [3.05, 3.63) is 30.6 Å². The maximum Gasteiger partial charge on any atom is 0.0267 e. The fourth-order valence-electron chi connectivity index (χ4n) is 0.363. The van der Waals surface area contributed by atoms with Gasteiger partial charge in [0.15, 0.2) is 0 Å². The van der Waals surface area contributed by atoms with Crippen LogP contribution in [0, 0.1) is 0 Å². The molecule has 0 saturated carbocycles. The van der Waals surface area contributed by atoms with Crippen LogP contribution < -0.4 is 10.2 Å². The van der Waals surface area contributed by atoms with Gasteiger partial charge in [-0.15, -0.1) is 0 Å². The van der Waals surface area contributed by atoms with E-state index in [1.807, 2.05) is 18.2 Å². The zero-order chi connectivity index (χ0) is 10.1.